The number of rotatable bonds is 6. The molecule has 0 spiro atoms. The van der Waals surface area contributed by atoms with E-state index in [4.69, 9.17) is 4.74 Å². The number of methoxy groups -OCH3 is 1. The summed E-state index contributed by atoms with van der Waals surface area (Å²) in [5.41, 5.74) is -0.145. The minimum absolute atomic E-state index is 0.0988. The Morgan fingerprint density at radius 2 is 1.96 bits per heavy atom. The highest BCUT2D eigenvalue weighted by molar-refractivity contribution is 5.77. The molecule has 28 heavy (non-hydrogen) atoms. The lowest BCUT2D eigenvalue weighted by Gasteiger charge is -2.38. The van der Waals surface area contributed by atoms with Crippen molar-refractivity contribution in [3.05, 3.63) is 58.6 Å². The maximum atomic E-state index is 12.6. The van der Waals surface area contributed by atoms with Crippen LogP contribution in [0.1, 0.15) is 37.7 Å². The number of hydrogen-bond donors (Lipinski definition) is 1. The van der Waals surface area contributed by atoms with Gasteiger partial charge in [0.1, 0.15) is 6.33 Å². The maximum Gasteiger partial charge on any atom is 0.257 e. The van der Waals surface area contributed by atoms with Crippen LogP contribution in [0.3, 0.4) is 0 Å². The molecule has 2 heterocycles. The van der Waals surface area contributed by atoms with Gasteiger partial charge in [0.15, 0.2) is 0 Å². The molecule has 0 radical (unpaired) electrons. The summed E-state index contributed by atoms with van der Waals surface area (Å²) >= 11 is 0. The Morgan fingerprint density at radius 1 is 1.29 bits per heavy atom. The van der Waals surface area contributed by atoms with Crippen LogP contribution in [0.4, 0.5) is 0 Å². The fourth-order valence-electron chi connectivity index (χ4n) is 3.58. The average Bonchev–Trinajstić information content (AvgIpc) is 2.70. The molecule has 1 aromatic heterocycles. The van der Waals surface area contributed by atoms with Gasteiger partial charge < -0.3 is 14.7 Å². The van der Waals surface area contributed by atoms with Gasteiger partial charge in [0, 0.05) is 19.5 Å². The topological polar surface area (TPSA) is 84.7 Å². The third kappa shape index (κ3) is 4.78. The number of carbonyl (C=O) groups is 1. The molecule has 1 amide bonds. The first kappa shape index (κ1) is 20.1. The van der Waals surface area contributed by atoms with Crippen LogP contribution < -0.4 is 10.3 Å². The number of benzene rings is 1. The molecule has 1 unspecified atom stereocenters. The number of aromatic nitrogens is 2. The van der Waals surface area contributed by atoms with E-state index in [2.05, 4.69) is 11.9 Å². The number of aliphatic hydroxyl groups is 1. The maximum absolute atomic E-state index is 12.6. The lowest BCUT2D eigenvalue weighted by atomic mass is 9.90. The summed E-state index contributed by atoms with van der Waals surface area (Å²) in [7, 11) is 1.45. The van der Waals surface area contributed by atoms with E-state index in [1.807, 2.05) is 35.2 Å². The van der Waals surface area contributed by atoms with Crippen LogP contribution in [0.5, 0.6) is 5.88 Å². The van der Waals surface area contributed by atoms with E-state index >= 15 is 0 Å². The smallest absolute Gasteiger partial charge is 0.257 e. The van der Waals surface area contributed by atoms with Gasteiger partial charge in [0.2, 0.25) is 11.8 Å². The van der Waals surface area contributed by atoms with Crippen molar-refractivity contribution in [1.29, 1.82) is 0 Å². The molecule has 0 bridgehead atoms. The summed E-state index contributed by atoms with van der Waals surface area (Å²) in [5.74, 6) is 0.501. The summed E-state index contributed by atoms with van der Waals surface area (Å²) in [6.07, 6.45) is 2.69. The fraction of sp³-hybridized carbons (Fsp3) is 0.476. The summed E-state index contributed by atoms with van der Waals surface area (Å²) in [6, 6.07) is 11.3. The molecule has 1 aromatic carbocycles. The highest BCUT2D eigenvalue weighted by Crippen LogP contribution is 2.26. The van der Waals surface area contributed by atoms with Crippen LogP contribution in [0.15, 0.2) is 47.5 Å². The van der Waals surface area contributed by atoms with Gasteiger partial charge in [-0.1, -0.05) is 37.3 Å². The summed E-state index contributed by atoms with van der Waals surface area (Å²) in [5, 5.41) is 10.9. The summed E-state index contributed by atoms with van der Waals surface area (Å²) < 4.78 is 6.32. The van der Waals surface area contributed by atoms with E-state index in [-0.39, 0.29) is 29.8 Å². The van der Waals surface area contributed by atoms with Crippen LogP contribution in [-0.4, -0.2) is 51.3 Å². The lowest BCUT2D eigenvalue weighted by Crippen LogP contribution is -2.49. The Bertz CT molecular complexity index is 857. The second-order valence-electron chi connectivity index (χ2n) is 7.52. The van der Waals surface area contributed by atoms with Crippen molar-refractivity contribution in [2.75, 3.05) is 20.2 Å². The van der Waals surface area contributed by atoms with Gasteiger partial charge in [-0.05, 0) is 24.3 Å². The first-order chi connectivity index (χ1) is 13.4. The lowest BCUT2D eigenvalue weighted by molar-refractivity contribution is -0.136. The van der Waals surface area contributed by atoms with Gasteiger partial charge in [-0.2, -0.15) is 0 Å². The van der Waals surface area contributed by atoms with Crippen LogP contribution in [0, 0.1) is 0 Å². The van der Waals surface area contributed by atoms with Gasteiger partial charge in [-0.3, -0.25) is 14.2 Å². The fourth-order valence-corrected chi connectivity index (χ4v) is 3.58. The molecule has 0 saturated carbocycles. The first-order valence-electron chi connectivity index (χ1n) is 9.56. The van der Waals surface area contributed by atoms with Crippen molar-refractivity contribution >= 4 is 5.91 Å². The van der Waals surface area contributed by atoms with Crippen LogP contribution >= 0.6 is 0 Å². The Balaban J connectivity index is 1.56. The summed E-state index contributed by atoms with van der Waals surface area (Å²) in [6.45, 7) is 3.17. The quantitative estimate of drug-likeness (QED) is 0.820. The van der Waals surface area contributed by atoms with Gasteiger partial charge >= 0.3 is 0 Å². The van der Waals surface area contributed by atoms with Crippen LogP contribution in [0.2, 0.25) is 0 Å². The molecule has 1 saturated heterocycles. The number of nitrogens with zero attached hydrogens (tertiary/aromatic N) is 3. The molecule has 2 aromatic rings. The summed E-state index contributed by atoms with van der Waals surface area (Å²) in [4.78, 5) is 30.6. The van der Waals surface area contributed by atoms with Crippen molar-refractivity contribution in [2.24, 2.45) is 0 Å². The van der Waals surface area contributed by atoms with Gasteiger partial charge in [0.05, 0.1) is 25.3 Å². The van der Waals surface area contributed by atoms with E-state index in [0.717, 1.165) is 5.56 Å². The zero-order valence-corrected chi connectivity index (χ0v) is 16.4. The predicted octanol–water partition coefficient (Wildman–Crippen LogP) is 1.80. The van der Waals surface area contributed by atoms with Crippen molar-refractivity contribution in [1.82, 2.24) is 14.5 Å². The highest BCUT2D eigenvalue weighted by atomic mass is 16.5. The van der Waals surface area contributed by atoms with Crippen LogP contribution in [-0.2, 0) is 11.3 Å². The molecule has 0 aliphatic carbocycles. The number of hydrogen-bond acceptors (Lipinski definition) is 5. The van der Waals surface area contributed by atoms with E-state index in [9.17, 15) is 14.7 Å². The van der Waals surface area contributed by atoms with Crippen LogP contribution in [0.25, 0.3) is 0 Å². The van der Waals surface area contributed by atoms with E-state index in [0.29, 0.717) is 32.4 Å². The predicted molar refractivity (Wildman–Crippen MR) is 105 cm³/mol. The second-order valence-corrected chi connectivity index (χ2v) is 7.52. The monoisotopic (exact) mass is 385 g/mol. The van der Waals surface area contributed by atoms with Gasteiger partial charge in [-0.15, -0.1) is 0 Å². The minimum atomic E-state index is -1.03. The largest absolute Gasteiger partial charge is 0.481 e. The first-order valence-corrected chi connectivity index (χ1v) is 9.56. The van der Waals surface area contributed by atoms with E-state index in [1.165, 1.54) is 24.1 Å². The molecule has 3 rings (SSSR count). The Labute approximate surface area is 164 Å². The molecule has 7 nitrogen and oxygen atoms in total. The van der Waals surface area contributed by atoms with E-state index in [1.54, 1.807) is 0 Å². The van der Waals surface area contributed by atoms with Crippen molar-refractivity contribution < 1.29 is 14.6 Å². The van der Waals surface area contributed by atoms with Gasteiger partial charge in [-0.25, -0.2) is 4.98 Å². The number of piperidine rings is 1. The molecule has 1 atom stereocenters. The Kier molecular flexibility index (Phi) is 6.14. The van der Waals surface area contributed by atoms with Crippen molar-refractivity contribution in [2.45, 2.75) is 44.2 Å². The molecule has 7 heteroatoms. The number of amides is 1. The molecule has 1 aliphatic heterocycles. The zero-order valence-electron chi connectivity index (χ0n) is 16.4. The number of carbonyl (C=O) groups excluding carboxylic acids is 1. The zero-order chi connectivity index (χ0) is 20.1. The normalized spacial score (nSPS) is 17.2. The minimum Gasteiger partial charge on any atom is -0.481 e. The molecule has 1 N–H and O–H groups in total. The molecular formula is C21H27N3O4. The van der Waals surface area contributed by atoms with Crippen molar-refractivity contribution in [3.63, 3.8) is 0 Å². The standard InChI is InChI=1S/C21H27N3O4/c1-16(17-6-4-3-5-7-17)12-19(25)23-10-8-21(27,9-11-23)14-24-15-22-18(28-2)13-20(24)26/h3-7,13,15-16,27H,8-12,14H2,1-2H3. The third-order valence-electron chi connectivity index (χ3n) is 5.42. The highest BCUT2D eigenvalue weighted by Gasteiger charge is 2.34. The molecule has 1 aliphatic rings. The molecule has 150 valence electrons. The Hall–Kier alpha value is -2.67. The Morgan fingerprint density at radius 3 is 2.57 bits per heavy atom. The number of likely N-dealkylation sites (tertiary alicyclic amines) is 1. The van der Waals surface area contributed by atoms with Gasteiger partial charge in [0.25, 0.3) is 5.56 Å². The SMILES string of the molecule is COc1cc(=O)n(CC2(O)CCN(C(=O)CC(C)c3ccccc3)CC2)cn1. The number of ether oxygens (including phenoxy) is 1. The molecule has 1 fully saturated rings. The average molecular weight is 385 g/mol. The second kappa shape index (κ2) is 8.56. The molecular weight excluding hydrogens is 358 g/mol. The van der Waals surface area contributed by atoms with Crippen molar-refractivity contribution in [3.8, 4) is 5.88 Å². The van der Waals surface area contributed by atoms with E-state index < -0.39 is 5.60 Å². The third-order valence-corrected chi connectivity index (χ3v) is 5.42.